The standard InChI is InChI=1S/C24H30ClN7/c1-4-6-22(27-11-5-10-26)28-12-13-29-23-20-9-14-32(3)16-21(20)30-24(31-23)19-8-7-18(25)15-17(19)2/h6-9,11,15-16,24,28,30H,4-5,12-14H2,1-3H3,(H,29,31)/b22-6+,27-11-. The zero-order chi connectivity index (χ0) is 22.9. The Morgan fingerprint density at radius 1 is 1.41 bits per heavy atom. The van der Waals surface area contributed by atoms with Gasteiger partial charge in [0.15, 0.2) is 0 Å². The number of nitriles is 1. The number of hydrogen-bond acceptors (Lipinski definition) is 6. The minimum Gasteiger partial charge on any atom is -0.375 e. The molecule has 0 radical (unpaired) electrons. The quantitative estimate of drug-likeness (QED) is 0.413. The summed E-state index contributed by atoms with van der Waals surface area (Å²) in [6, 6.07) is 8.00. The van der Waals surface area contributed by atoms with Gasteiger partial charge in [-0.3, -0.25) is 4.99 Å². The van der Waals surface area contributed by atoms with Crippen molar-refractivity contribution >= 4 is 23.7 Å². The van der Waals surface area contributed by atoms with Crippen molar-refractivity contribution in [3.05, 3.63) is 69.8 Å². The molecule has 2 heterocycles. The first kappa shape index (κ1) is 23.4. The van der Waals surface area contributed by atoms with E-state index in [9.17, 15) is 0 Å². The molecule has 0 saturated carbocycles. The van der Waals surface area contributed by atoms with Crippen molar-refractivity contribution in [3.63, 3.8) is 0 Å². The molecule has 0 aliphatic carbocycles. The first-order valence-electron chi connectivity index (χ1n) is 10.8. The summed E-state index contributed by atoms with van der Waals surface area (Å²) in [4.78, 5) is 11.3. The van der Waals surface area contributed by atoms with Gasteiger partial charge >= 0.3 is 0 Å². The summed E-state index contributed by atoms with van der Waals surface area (Å²) in [6.45, 7) is 6.18. The molecule has 32 heavy (non-hydrogen) atoms. The van der Waals surface area contributed by atoms with Gasteiger partial charge in [-0.15, -0.1) is 0 Å². The van der Waals surface area contributed by atoms with Crippen LogP contribution in [-0.4, -0.2) is 43.6 Å². The largest absolute Gasteiger partial charge is 0.375 e. The van der Waals surface area contributed by atoms with Crippen LogP contribution >= 0.6 is 11.6 Å². The summed E-state index contributed by atoms with van der Waals surface area (Å²) < 4.78 is 0. The Kier molecular flexibility index (Phi) is 8.34. The van der Waals surface area contributed by atoms with E-state index in [1.54, 1.807) is 6.21 Å². The molecule has 2 aliphatic rings. The summed E-state index contributed by atoms with van der Waals surface area (Å²) in [7, 11) is 2.06. The van der Waals surface area contributed by atoms with Crippen molar-refractivity contribution < 1.29 is 0 Å². The Bertz CT molecular complexity index is 1010. The monoisotopic (exact) mass is 451 g/mol. The van der Waals surface area contributed by atoms with E-state index in [-0.39, 0.29) is 6.17 Å². The molecule has 1 fully saturated rings. The molecule has 7 nitrogen and oxygen atoms in total. The fourth-order valence-corrected chi connectivity index (χ4v) is 3.81. The molecular weight excluding hydrogens is 422 g/mol. The van der Waals surface area contributed by atoms with E-state index in [0.717, 1.165) is 52.0 Å². The van der Waals surface area contributed by atoms with Crippen molar-refractivity contribution in [2.75, 3.05) is 26.7 Å². The van der Waals surface area contributed by atoms with Gasteiger partial charge in [-0.05, 0) is 42.7 Å². The van der Waals surface area contributed by atoms with Gasteiger partial charge in [0.2, 0.25) is 0 Å². The zero-order valence-electron chi connectivity index (χ0n) is 18.8. The number of aliphatic imine (C=N–C) groups is 2. The number of likely N-dealkylation sites (N-methyl/N-ethyl adjacent to an activating group) is 1. The first-order valence-corrected chi connectivity index (χ1v) is 11.2. The van der Waals surface area contributed by atoms with Gasteiger partial charge in [-0.2, -0.15) is 5.26 Å². The lowest BCUT2D eigenvalue weighted by Crippen LogP contribution is -2.47. The number of halogens is 1. The van der Waals surface area contributed by atoms with Crippen molar-refractivity contribution in [3.8, 4) is 6.07 Å². The van der Waals surface area contributed by atoms with Gasteiger partial charge in [0.25, 0.3) is 0 Å². The second kappa shape index (κ2) is 11.4. The molecule has 1 aromatic carbocycles. The Morgan fingerprint density at radius 2 is 2.25 bits per heavy atom. The smallest absolute Gasteiger partial charge is 0.132 e. The topological polar surface area (TPSA) is 87.8 Å². The van der Waals surface area contributed by atoms with Gasteiger partial charge in [0.1, 0.15) is 17.8 Å². The average Bonchev–Trinajstić information content (AvgIpc) is 2.76. The van der Waals surface area contributed by atoms with Crippen LogP contribution in [0.5, 0.6) is 0 Å². The summed E-state index contributed by atoms with van der Waals surface area (Å²) >= 11 is 6.16. The molecule has 0 aromatic heterocycles. The summed E-state index contributed by atoms with van der Waals surface area (Å²) in [5.41, 5.74) is 4.39. The highest BCUT2D eigenvalue weighted by Crippen LogP contribution is 2.27. The van der Waals surface area contributed by atoms with Crippen LogP contribution in [0.4, 0.5) is 0 Å². The van der Waals surface area contributed by atoms with Crippen LogP contribution in [0, 0.1) is 18.3 Å². The third-order valence-corrected chi connectivity index (χ3v) is 5.34. The Labute approximate surface area is 195 Å². The zero-order valence-corrected chi connectivity index (χ0v) is 19.6. The van der Waals surface area contributed by atoms with E-state index < -0.39 is 0 Å². The number of allylic oxidation sites excluding steroid dienone is 1. The lowest BCUT2D eigenvalue weighted by Gasteiger charge is -2.36. The van der Waals surface area contributed by atoms with Crippen LogP contribution in [0.2, 0.25) is 5.02 Å². The van der Waals surface area contributed by atoms with Gasteiger partial charge in [0, 0.05) is 43.1 Å². The van der Waals surface area contributed by atoms with E-state index in [0.29, 0.717) is 19.5 Å². The van der Waals surface area contributed by atoms with Crippen LogP contribution in [-0.2, 0) is 0 Å². The van der Waals surface area contributed by atoms with Gasteiger partial charge < -0.3 is 20.9 Å². The van der Waals surface area contributed by atoms with E-state index >= 15 is 0 Å². The van der Waals surface area contributed by atoms with Crippen LogP contribution in [0.1, 0.15) is 37.1 Å². The number of amidine groups is 1. The molecule has 0 amide bonds. The Morgan fingerprint density at radius 3 is 3.00 bits per heavy atom. The van der Waals surface area contributed by atoms with Crippen LogP contribution in [0.15, 0.2) is 63.6 Å². The van der Waals surface area contributed by atoms with Gasteiger partial charge in [-0.25, -0.2) is 4.99 Å². The van der Waals surface area contributed by atoms with E-state index in [1.165, 1.54) is 0 Å². The maximum atomic E-state index is 8.68. The van der Waals surface area contributed by atoms with E-state index in [2.05, 4.69) is 65.1 Å². The fourth-order valence-electron chi connectivity index (χ4n) is 3.58. The molecule has 168 valence electrons. The maximum absolute atomic E-state index is 8.68. The third-order valence-electron chi connectivity index (χ3n) is 5.10. The average molecular weight is 452 g/mol. The third kappa shape index (κ3) is 6.14. The Balaban J connectivity index is 1.74. The maximum Gasteiger partial charge on any atom is 0.132 e. The molecule has 1 unspecified atom stereocenters. The van der Waals surface area contributed by atoms with Crippen LogP contribution in [0.3, 0.4) is 0 Å². The second-order valence-electron chi connectivity index (χ2n) is 7.65. The van der Waals surface area contributed by atoms with Crippen molar-refractivity contribution in [2.45, 2.75) is 32.9 Å². The van der Waals surface area contributed by atoms with Crippen molar-refractivity contribution in [1.29, 1.82) is 5.26 Å². The number of fused-ring (bicyclic) bond motifs is 1. The van der Waals surface area contributed by atoms with Gasteiger partial charge in [0.05, 0.1) is 24.7 Å². The molecule has 8 heteroatoms. The number of hydrogen-bond donors (Lipinski definition) is 3. The molecule has 3 rings (SSSR count). The molecule has 1 aromatic rings. The fraction of sp³-hybridized carbons (Fsp3) is 0.375. The highest BCUT2D eigenvalue weighted by Gasteiger charge is 2.28. The van der Waals surface area contributed by atoms with Crippen molar-refractivity contribution in [1.82, 2.24) is 20.9 Å². The predicted molar refractivity (Wildman–Crippen MR) is 131 cm³/mol. The SMILES string of the molecule is CC/C=C(\N=C/CC#N)NCCN=C1NC(c2ccc(Cl)cc2C)NC2=CN(C)CC=C21. The molecule has 0 spiro atoms. The molecule has 3 N–H and O–H groups in total. The van der Waals surface area contributed by atoms with Crippen molar-refractivity contribution in [2.24, 2.45) is 9.98 Å². The van der Waals surface area contributed by atoms with Crippen LogP contribution < -0.4 is 16.0 Å². The minimum atomic E-state index is -0.0972. The summed E-state index contributed by atoms with van der Waals surface area (Å²) in [5.74, 6) is 1.65. The summed E-state index contributed by atoms with van der Waals surface area (Å²) in [6.07, 6.45) is 8.99. The van der Waals surface area contributed by atoms with Gasteiger partial charge in [-0.1, -0.05) is 30.7 Å². The number of rotatable bonds is 8. The lowest BCUT2D eigenvalue weighted by atomic mass is 10.00. The summed E-state index contributed by atoms with van der Waals surface area (Å²) in [5, 5.41) is 19.9. The lowest BCUT2D eigenvalue weighted by molar-refractivity contribution is 0.468. The molecule has 1 saturated heterocycles. The normalized spacial score (nSPS) is 19.6. The molecular formula is C24H30ClN7. The number of nitrogens with one attached hydrogen (secondary N) is 3. The Hall–Kier alpha value is -3.24. The highest BCUT2D eigenvalue weighted by atomic mass is 35.5. The minimum absolute atomic E-state index is 0.0972. The number of aryl methyl sites for hydroxylation is 1. The van der Waals surface area contributed by atoms with E-state index in [4.69, 9.17) is 21.9 Å². The molecule has 0 bridgehead atoms. The van der Waals surface area contributed by atoms with E-state index in [1.807, 2.05) is 24.3 Å². The first-order chi connectivity index (χ1) is 15.5. The predicted octanol–water partition coefficient (Wildman–Crippen LogP) is 3.78. The number of benzene rings is 1. The number of nitrogens with zero attached hydrogens (tertiary/aromatic N) is 4. The molecule has 1 atom stereocenters. The molecule has 2 aliphatic heterocycles. The second-order valence-corrected chi connectivity index (χ2v) is 8.09. The van der Waals surface area contributed by atoms with Crippen LogP contribution in [0.25, 0.3) is 0 Å². The highest BCUT2D eigenvalue weighted by molar-refractivity contribution is 6.30.